The number of anilines is 1. The van der Waals surface area contributed by atoms with Gasteiger partial charge in [-0.25, -0.2) is 13.4 Å². The predicted octanol–water partition coefficient (Wildman–Crippen LogP) is 2.90. The van der Waals surface area contributed by atoms with Gasteiger partial charge in [-0.3, -0.25) is 4.79 Å². The molecule has 152 valence electrons. The van der Waals surface area contributed by atoms with E-state index >= 15 is 0 Å². The van der Waals surface area contributed by atoms with Crippen molar-refractivity contribution in [1.82, 2.24) is 9.88 Å². The Morgan fingerprint density at radius 2 is 1.76 bits per heavy atom. The van der Waals surface area contributed by atoms with Crippen LogP contribution in [0.5, 0.6) is 0 Å². The zero-order chi connectivity index (χ0) is 20.6. The first kappa shape index (κ1) is 19.8. The first-order valence-corrected chi connectivity index (χ1v) is 12.2. The molecule has 1 aromatic heterocycles. The summed E-state index contributed by atoms with van der Waals surface area (Å²) in [6.07, 6.45) is 1.62. The van der Waals surface area contributed by atoms with E-state index in [-0.39, 0.29) is 10.8 Å². The first-order valence-electron chi connectivity index (χ1n) is 9.49. The normalized spacial score (nSPS) is 15.1. The topological polar surface area (TPSA) is 70.6 Å². The minimum absolute atomic E-state index is 0.136. The van der Waals surface area contributed by atoms with Gasteiger partial charge in [-0.2, -0.15) is 0 Å². The van der Waals surface area contributed by atoms with Crippen LogP contribution in [0.2, 0.25) is 0 Å². The number of nitrogens with zero attached hydrogens (tertiary/aromatic N) is 3. The van der Waals surface area contributed by atoms with Crippen LogP contribution >= 0.6 is 11.3 Å². The molecule has 8 heteroatoms. The van der Waals surface area contributed by atoms with Gasteiger partial charge in [0.2, 0.25) is 5.91 Å². The van der Waals surface area contributed by atoms with Gasteiger partial charge >= 0.3 is 0 Å². The summed E-state index contributed by atoms with van der Waals surface area (Å²) in [5.41, 5.74) is 2.75. The Hall–Kier alpha value is -2.45. The number of piperazine rings is 1. The van der Waals surface area contributed by atoms with Crippen LogP contribution in [-0.4, -0.2) is 56.6 Å². The number of para-hydroxylation sites is 1. The third kappa shape index (κ3) is 4.28. The number of carbonyl (C=O) groups excluding carboxylic acids is 1. The molecular weight excluding hydrogens is 406 g/mol. The fourth-order valence-electron chi connectivity index (χ4n) is 3.49. The molecule has 6 nitrogen and oxygen atoms in total. The highest BCUT2D eigenvalue weighted by Gasteiger charge is 2.24. The molecule has 0 saturated carbocycles. The smallest absolute Gasteiger partial charge is 0.227 e. The lowest BCUT2D eigenvalue weighted by molar-refractivity contribution is -0.130. The van der Waals surface area contributed by atoms with Crippen molar-refractivity contribution in [3.63, 3.8) is 0 Å². The number of amides is 1. The van der Waals surface area contributed by atoms with Crippen molar-refractivity contribution in [2.75, 3.05) is 37.3 Å². The highest BCUT2D eigenvalue weighted by molar-refractivity contribution is 7.91. The number of thiazole rings is 1. The number of sulfone groups is 1. The molecule has 1 fully saturated rings. The molecule has 29 heavy (non-hydrogen) atoms. The van der Waals surface area contributed by atoms with E-state index in [2.05, 4.69) is 9.88 Å². The lowest BCUT2D eigenvalue weighted by Gasteiger charge is -2.34. The van der Waals surface area contributed by atoms with Crippen molar-refractivity contribution in [3.05, 3.63) is 53.6 Å². The summed E-state index contributed by atoms with van der Waals surface area (Å²) >= 11 is 1.49. The van der Waals surface area contributed by atoms with Crippen LogP contribution in [0.3, 0.4) is 0 Å². The molecule has 0 bridgehead atoms. The van der Waals surface area contributed by atoms with Gasteiger partial charge in [-0.1, -0.05) is 47.2 Å². The highest BCUT2D eigenvalue weighted by Crippen LogP contribution is 2.33. The molecule has 2 aromatic carbocycles. The van der Waals surface area contributed by atoms with Crippen molar-refractivity contribution in [3.8, 4) is 0 Å². The van der Waals surface area contributed by atoms with Crippen molar-refractivity contribution in [2.45, 2.75) is 18.2 Å². The van der Waals surface area contributed by atoms with Gasteiger partial charge in [0.15, 0.2) is 15.0 Å². The Morgan fingerprint density at radius 1 is 1.07 bits per heavy atom. The molecular formula is C21H23N3O3S2. The largest absolute Gasteiger partial charge is 0.345 e. The van der Waals surface area contributed by atoms with E-state index in [0.29, 0.717) is 38.1 Å². The van der Waals surface area contributed by atoms with E-state index in [0.717, 1.165) is 15.4 Å². The summed E-state index contributed by atoms with van der Waals surface area (Å²) < 4.78 is 24.9. The Balaban J connectivity index is 1.44. The third-order valence-corrected chi connectivity index (χ3v) is 7.36. The SMILES string of the molecule is Cc1ccc(CC(=O)N2CCN(c3nc4c(S(C)(=O)=O)cccc4s3)CC2)cc1. The number of aryl methyl sites for hydroxylation is 1. The molecule has 0 atom stereocenters. The Morgan fingerprint density at radius 3 is 2.41 bits per heavy atom. The zero-order valence-electron chi connectivity index (χ0n) is 16.5. The quantitative estimate of drug-likeness (QED) is 0.638. The second-order valence-corrected chi connectivity index (χ2v) is 10.4. The number of hydrogen-bond acceptors (Lipinski definition) is 6. The molecule has 0 spiro atoms. The van der Waals surface area contributed by atoms with Gasteiger partial charge in [0.05, 0.1) is 16.0 Å². The maximum Gasteiger partial charge on any atom is 0.227 e. The summed E-state index contributed by atoms with van der Waals surface area (Å²) in [5.74, 6) is 0.136. The van der Waals surface area contributed by atoms with Crippen LogP contribution in [0, 0.1) is 6.92 Å². The predicted molar refractivity (Wildman–Crippen MR) is 116 cm³/mol. The lowest BCUT2D eigenvalue weighted by atomic mass is 10.1. The van der Waals surface area contributed by atoms with E-state index in [4.69, 9.17) is 0 Å². The van der Waals surface area contributed by atoms with Crippen molar-refractivity contribution in [1.29, 1.82) is 0 Å². The number of rotatable bonds is 4. The van der Waals surface area contributed by atoms with Crippen molar-refractivity contribution in [2.24, 2.45) is 0 Å². The average Bonchev–Trinajstić information content (AvgIpc) is 3.13. The third-order valence-electron chi connectivity index (χ3n) is 5.15. The van der Waals surface area contributed by atoms with Crippen LogP contribution in [0.15, 0.2) is 47.4 Å². The van der Waals surface area contributed by atoms with Crippen LogP contribution in [0.1, 0.15) is 11.1 Å². The molecule has 0 radical (unpaired) electrons. The summed E-state index contributed by atoms with van der Waals surface area (Å²) in [4.78, 5) is 21.5. The first-order chi connectivity index (χ1) is 13.8. The monoisotopic (exact) mass is 429 g/mol. The van der Waals surface area contributed by atoms with Gasteiger partial charge < -0.3 is 9.80 Å². The second kappa shape index (κ2) is 7.76. The Bertz CT molecular complexity index is 1150. The second-order valence-electron chi connectivity index (χ2n) is 7.40. The Kier molecular flexibility index (Phi) is 5.31. The van der Waals surface area contributed by atoms with Crippen molar-refractivity contribution >= 4 is 42.4 Å². The van der Waals surface area contributed by atoms with Gasteiger partial charge in [0, 0.05) is 32.4 Å². The maximum absolute atomic E-state index is 12.6. The molecule has 4 rings (SSSR count). The molecule has 1 saturated heterocycles. The van der Waals surface area contributed by atoms with E-state index in [1.54, 1.807) is 12.1 Å². The van der Waals surface area contributed by atoms with E-state index in [1.165, 1.54) is 23.2 Å². The lowest BCUT2D eigenvalue weighted by Crippen LogP contribution is -2.49. The zero-order valence-corrected chi connectivity index (χ0v) is 18.1. The van der Waals surface area contributed by atoms with E-state index in [9.17, 15) is 13.2 Å². The van der Waals surface area contributed by atoms with E-state index < -0.39 is 9.84 Å². The summed E-state index contributed by atoms with van der Waals surface area (Å²) in [7, 11) is -3.33. The van der Waals surface area contributed by atoms with Crippen LogP contribution < -0.4 is 4.90 Å². The fraction of sp³-hybridized carbons (Fsp3) is 0.333. The minimum atomic E-state index is -3.33. The van der Waals surface area contributed by atoms with Crippen LogP contribution in [0.25, 0.3) is 10.2 Å². The molecule has 0 aliphatic carbocycles. The molecule has 3 aromatic rings. The molecule has 0 N–H and O–H groups in total. The van der Waals surface area contributed by atoms with Gasteiger partial charge in [0.25, 0.3) is 0 Å². The maximum atomic E-state index is 12.6. The molecule has 0 unspecified atom stereocenters. The molecule has 1 aliphatic rings. The van der Waals surface area contributed by atoms with Crippen LogP contribution in [0.4, 0.5) is 5.13 Å². The summed E-state index contributed by atoms with van der Waals surface area (Å²) in [6, 6.07) is 13.3. The Labute approximate surface area is 174 Å². The minimum Gasteiger partial charge on any atom is -0.345 e. The summed E-state index contributed by atoms with van der Waals surface area (Å²) in [6.45, 7) is 4.69. The van der Waals surface area contributed by atoms with E-state index in [1.807, 2.05) is 42.2 Å². The molecule has 1 aliphatic heterocycles. The number of carbonyl (C=O) groups is 1. The summed E-state index contributed by atoms with van der Waals surface area (Å²) in [5, 5.41) is 0.807. The molecule has 1 amide bonds. The number of hydrogen-bond donors (Lipinski definition) is 0. The van der Waals surface area contributed by atoms with Crippen molar-refractivity contribution < 1.29 is 13.2 Å². The van der Waals surface area contributed by atoms with Gasteiger partial charge in [-0.15, -0.1) is 0 Å². The number of benzene rings is 2. The molecule has 2 heterocycles. The standard InChI is InChI=1S/C21H23N3O3S2/c1-15-6-8-16(9-7-15)14-19(25)23-10-12-24(13-11-23)21-22-20-17(28-21)4-3-5-18(20)29(2,26)27/h3-9H,10-14H2,1-2H3. The van der Waals surface area contributed by atoms with Gasteiger partial charge in [0.1, 0.15) is 5.52 Å². The van der Waals surface area contributed by atoms with Gasteiger partial charge in [-0.05, 0) is 24.6 Å². The fourth-order valence-corrected chi connectivity index (χ4v) is 5.43. The highest BCUT2D eigenvalue weighted by atomic mass is 32.2. The van der Waals surface area contributed by atoms with Crippen LogP contribution in [-0.2, 0) is 21.1 Å². The number of aromatic nitrogens is 1. The number of fused-ring (bicyclic) bond motifs is 1. The average molecular weight is 430 g/mol.